The average Bonchev–Trinajstić information content (AvgIpc) is 3.04. The van der Waals surface area contributed by atoms with Gasteiger partial charge in [0.15, 0.2) is 5.96 Å². The van der Waals surface area contributed by atoms with Gasteiger partial charge in [-0.1, -0.05) is 6.08 Å². The minimum absolute atomic E-state index is 0.597. The first kappa shape index (κ1) is 15.6. The fourth-order valence-corrected chi connectivity index (χ4v) is 1.90. The summed E-state index contributed by atoms with van der Waals surface area (Å²) in [5, 5.41) is 10.8. The molecule has 0 saturated heterocycles. The summed E-state index contributed by atoms with van der Waals surface area (Å²) in [5.74, 6) is 1.55. The molecule has 0 aliphatic rings. The van der Waals surface area contributed by atoms with E-state index in [9.17, 15) is 0 Å². The quantitative estimate of drug-likeness (QED) is 0.484. The van der Waals surface area contributed by atoms with Gasteiger partial charge in [-0.05, 0) is 30.3 Å². The van der Waals surface area contributed by atoms with Crippen LogP contribution in [-0.4, -0.2) is 36.4 Å². The third-order valence-electron chi connectivity index (χ3n) is 3.06. The molecule has 2 rings (SSSR count). The lowest BCUT2D eigenvalue weighted by molar-refractivity contribution is 0.414. The first-order valence-corrected chi connectivity index (χ1v) is 7.01. The highest BCUT2D eigenvalue weighted by Gasteiger charge is 2.03. The first-order valence-electron chi connectivity index (χ1n) is 7.01. The van der Waals surface area contributed by atoms with Gasteiger partial charge in [-0.25, -0.2) is 4.68 Å². The highest BCUT2D eigenvalue weighted by atomic mass is 16.5. The van der Waals surface area contributed by atoms with Crippen LogP contribution in [0.3, 0.4) is 0 Å². The van der Waals surface area contributed by atoms with Crippen molar-refractivity contribution >= 4 is 5.96 Å². The fraction of sp³-hybridized carbons (Fsp3) is 0.250. The van der Waals surface area contributed by atoms with Gasteiger partial charge in [0.05, 0.1) is 25.0 Å². The average molecular weight is 299 g/mol. The third kappa shape index (κ3) is 4.12. The summed E-state index contributed by atoms with van der Waals surface area (Å²) in [5.41, 5.74) is 1.92. The molecule has 0 saturated carbocycles. The van der Waals surface area contributed by atoms with Crippen molar-refractivity contribution in [3.63, 3.8) is 0 Å². The Hall–Kier alpha value is -2.76. The summed E-state index contributed by atoms with van der Waals surface area (Å²) in [4.78, 5) is 4.12. The van der Waals surface area contributed by atoms with Crippen molar-refractivity contribution < 1.29 is 4.74 Å². The molecule has 6 nitrogen and oxygen atoms in total. The number of aromatic nitrogens is 2. The molecule has 0 fully saturated rings. The highest BCUT2D eigenvalue weighted by Crippen LogP contribution is 2.14. The van der Waals surface area contributed by atoms with E-state index in [0.29, 0.717) is 13.1 Å². The second kappa shape index (κ2) is 7.87. The standard InChI is InChI=1S/C16H21N5O/c1-4-10-18-16(17-2)19-12-13-9-11-21(20-13)14-5-7-15(22-3)8-6-14/h4-9,11H,1,10,12H2,2-3H3,(H2,17,18,19). The Labute approximate surface area is 130 Å². The number of nitrogens with zero attached hydrogens (tertiary/aromatic N) is 3. The first-order chi connectivity index (χ1) is 10.8. The lowest BCUT2D eigenvalue weighted by Crippen LogP contribution is -2.36. The highest BCUT2D eigenvalue weighted by molar-refractivity contribution is 5.79. The van der Waals surface area contributed by atoms with E-state index in [-0.39, 0.29) is 0 Å². The van der Waals surface area contributed by atoms with E-state index in [2.05, 4.69) is 27.3 Å². The normalized spacial score (nSPS) is 11.1. The van der Waals surface area contributed by atoms with Crippen molar-refractivity contribution in [2.45, 2.75) is 6.54 Å². The van der Waals surface area contributed by atoms with Crippen LogP contribution in [0.15, 0.2) is 54.2 Å². The predicted molar refractivity (Wildman–Crippen MR) is 88.5 cm³/mol. The Morgan fingerprint density at radius 3 is 2.73 bits per heavy atom. The molecule has 0 spiro atoms. The monoisotopic (exact) mass is 299 g/mol. The number of hydrogen-bond donors (Lipinski definition) is 2. The second-order valence-electron chi connectivity index (χ2n) is 4.55. The number of hydrogen-bond acceptors (Lipinski definition) is 3. The van der Waals surface area contributed by atoms with Crippen LogP contribution >= 0.6 is 0 Å². The molecule has 0 bridgehead atoms. The van der Waals surface area contributed by atoms with Crippen LogP contribution in [-0.2, 0) is 6.54 Å². The molecule has 0 unspecified atom stereocenters. The van der Waals surface area contributed by atoms with Crippen molar-refractivity contribution in [1.29, 1.82) is 0 Å². The number of aliphatic imine (C=N–C) groups is 1. The number of guanidine groups is 1. The molecule has 2 N–H and O–H groups in total. The largest absolute Gasteiger partial charge is 0.497 e. The molecule has 2 aromatic rings. The molecular weight excluding hydrogens is 278 g/mol. The lowest BCUT2D eigenvalue weighted by atomic mass is 10.3. The zero-order valence-corrected chi connectivity index (χ0v) is 12.9. The van der Waals surface area contributed by atoms with Gasteiger partial charge in [-0.15, -0.1) is 6.58 Å². The summed E-state index contributed by atoms with van der Waals surface area (Å²) in [6, 6.07) is 9.73. The molecule has 0 radical (unpaired) electrons. The maximum absolute atomic E-state index is 5.15. The van der Waals surface area contributed by atoms with Crippen LogP contribution in [0.4, 0.5) is 0 Å². The molecule has 1 aromatic carbocycles. The Morgan fingerprint density at radius 1 is 1.32 bits per heavy atom. The zero-order valence-electron chi connectivity index (χ0n) is 12.9. The fourth-order valence-electron chi connectivity index (χ4n) is 1.90. The summed E-state index contributed by atoms with van der Waals surface area (Å²) < 4.78 is 6.98. The topological polar surface area (TPSA) is 63.5 Å². The Bertz CT molecular complexity index is 630. The maximum Gasteiger partial charge on any atom is 0.191 e. The van der Waals surface area contributed by atoms with Crippen molar-refractivity contribution in [3.05, 3.63) is 54.9 Å². The van der Waals surface area contributed by atoms with E-state index in [4.69, 9.17) is 4.74 Å². The zero-order chi connectivity index (χ0) is 15.8. The summed E-state index contributed by atoms with van der Waals surface area (Å²) >= 11 is 0. The van der Waals surface area contributed by atoms with Crippen molar-refractivity contribution in [2.24, 2.45) is 4.99 Å². The second-order valence-corrected chi connectivity index (χ2v) is 4.55. The number of methoxy groups -OCH3 is 1. The molecule has 0 aliphatic carbocycles. The SMILES string of the molecule is C=CCNC(=NC)NCc1ccn(-c2ccc(OC)cc2)n1. The Morgan fingerprint density at radius 2 is 2.09 bits per heavy atom. The van der Waals surface area contributed by atoms with E-state index in [1.54, 1.807) is 20.2 Å². The van der Waals surface area contributed by atoms with Gasteiger partial charge in [0.25, 0.3) is 0 Å². The van der Waals surface area contributed by atoms with Gasteiger partial charge in [0.1, 0.15) is 5.75 Å². The van der Waals surface area contributed by atoms with Crippen LogP contribution < -0.4 is 15.4 Å². The summed E-state index contributed by atoms with van der Waals surface area (Å²) in [7, 11) is 3.38. The van der Waals surface area contributed by atoms with Gasteiger partial charge in [-0.2, -0.15) is 5.10 Å². The van der Waals surface area contributed by atoms with E-state index in [1.807, 2.05) is 41.2 Å². The van der Waals surface area contributed by atoms with Gasteiger partial charge in [0.2, 0.25) is 0 Å². The van der Waals surface area contributed by atoms with Gasteiger partial charge >= 0.3 is 0 Å². The molecule has 0 atom stereocenters. The number of ether oxygens (including phenoxy) is 1. The maximum atomic E-state index is 5.15. The van der Waals surface area contributed by atoms with Crippen LogP contribution in [0.2, 0.25) is 0 Å². The Kier molecular flexibility index (Phi) is 5.59. The molecule has 22 heavy (non-hydrogen) atoms. The molecule has 116 valence electrons. The summed E-state index contributed by atoms with van der Waals surface area (Å²) in [6.45, 7) is 4.93. The molecule has 1 heterocycles. The smallest absolute Gasteiger partial charge is 0.191 e. The minimum Gasteiger partial charge on any atom is -0.497 e. The molecule has 6 heteroatoms. The van der Waals surface area contributed by atoms with E-state index >= 15 is 0 Å². The van der Waals surface area contributed by atoms with Gasteiger partial charge in [0, 0.05) is 19.8 Å². The third-order valence-corrected chi connectivity index (χ3v) is 3.06. The van der Waals surface area contributed by atoms with Crippen LogP contribution in [0, 0.1) is 0 Å². The number of rotatable bonds is 6. The minimum atomic E-state index is 0.597. The number of nitrogens with one attached hydrogen (secondary N) is 2. The number of benzene rings is 1. The summed E-state index contributed by atoms with van der Waals surface area (Å²) in [6.07, 6.45) is 3.71. The van der Waals surface area contributed by atoms with Crippen molar-refractivity contribution in [3.8, 4) is 11.4 Å². The van der Waals surface area contributed by atoms with Crippen LogP contribution in [0.25, 0.3) is 5.69 Å². The Balaban J connectivity index is 1.97. The molecule has 1 aromatic heterocycles. The molecule has 0 amide bonds. The van der Waals surface area contributed by atoms with E-state index in [1.165, 1.54) is 0 Å². The van der Waals surface area contributed by atoms with Crippen LogP contribution in [0.1, 0.15) is 5.69 Å². The lowest BCUT2D eigenvalue weighted by Gasteiger charge is -2.08. The van der Waals surface area contributed by atoms with E-state index < -0.39 is 0 Å². The van der Waals surface area contributed by atoms with Gasteiger partial charge < -0.3 is 15.4 Å². The molecule has 0 aliphatic heterocycles. The van der Waals surface area contributed by atoms with Gasteiger partial charge in [-0.3, -0.25) is 4.99 Å². The van der Waals surface area contributed by atoms with Crippen molar-refractivity contribution in [1.82, 2.24) is 20.4 Å². The predicted octanol–water partition coefficient (Wildman–Crippen LogP) is 1.73. The van der Waals surface area contributed by atoms with E-state index in [0.717, 1.165) is 23.1 Å². The molecular formula is C16H21N5O. The van der Waals surface area contributed by atoms with Crippen molar-refractivity contribution in [2.75, 3.05) is 20.7 Å². The van der Waals surface area contributed by atoms with Crippen LogP contribution in [0.5, 0.6) is 5.75 Å².